The highest BCUT2D eigenvalue weighted by atomic mass is 19.1. The van der Waals surface area contributed by atoms with Gasteiger partial charge in [-0.2, -0.15) is 0 Å². The number of carboxylic acids is 1. The zero-order valence-corrected chi connectivity index (χ0v) is 15.7. The molecule has 1 aliphatic carbocycles. The summed E-state index contributed by atoms with van der Waals surface area (Å²) < 4.78 is 18.8. The van der Waals surface area contributed by atoms with E-state index < -0.39 is 29.7 Å². The number of ether oxygens (including phenoxy) is 1. The minimum Gasteiger partial charge on any atom is -0.508 e. The Morgan fingerprint density at radius 3 is 2.20 bits per heavy atom. The number of carbonyl (C=O) groups is 2. The number of halogens is 1. The highest BCUT2D eigenvalue weighted by Gasteiger charge is 2.30. The van der Waals surface area contributed by atoms with Crippen molar-refractivity contribution in [2.24, 2.45) is 0 Å². The van der Waals surface area contributed by atoms with Gasteiger partial charge in [0, 0.05) is 11.5 Å². The molecule has 1 unspecified atom stereocenters. The Kier molecular flexibility index (Phi) is 5.10. The molecule has 0 aromatic heterocycles. The van der Waals surface area contributed by atoms with Crippen LogP contribution in [0.4, 0.5) is 9.18 Å². The molecule has 0 radical (unpaired) electrons. The number of carbonyl (C=O) groups excluding carboxylic acids is 1. The minimum atomic E-state index is -1.66. The van der Waals surface area contributed by atoms with Crippen LogP contribution in [-0.2, 0) is 9.53 Å². The number of nitrogens with one attached hydrogen (secondary N) is 1. The first-order valence-corrected chi connectivity index (χ1v) is 9.28. The second-order valence-corrected chi connectivity index (χ2v) is 6.94. The number of carboxylic acid groups (broad SMARTS) is 1. The monoisotopic (exact) mass is 407 g/mol. The number of phenolic OH excluding ortho intramolecular Hbond substituents is 1. The van der Waals surface area contributed by atoms with E-state index in [9.17, 15) is 24.2 Å². The molecule has 3 aromatic rings. The van der Waals surface area contributed by atoms with Crippen molar-refractivity contribution in [2.45, 2.75) is 12.0 Å². The molecule has 0 aliphatic heterocycles. The second kappa shape index (κ2) is 7.87. The minimum absolute atomic E-state index is 0.00132. The molecule has 3 N–H and O–H groups in total. The highest BCUT2D eigenvalue weighted by molar-refractivity contribution is 5.82. The standard InChI is InChI=1S/C23H18FNO5/c24-13-9-10-20(26)18(11-13)21(22(27)28)25-23(29)30-12-19-16-7-3-1-5-14(16)15-6-2-4-8-17(15)19/h1-11,19,21,26H,12H2,(H,25,29)(H,27,28). The van der Waals surface area contributed by atoms with Crippen LogP contribution in [0.15, 0.2) is 66.7 Å². The van der Waals surface area contributed by atoms with E-state index in [1.54, 1.807) is 0 Å². The Balaban J connectivity index is 1.51. The number of phenols is 1. The summed E-state index contributed by atoms with van der Waals surface area (Å²) in [5, 5.41) is 21.5. The molecule has 0 bridgehead atoms. The summed E-state index contributed by atoms with van der Waals surface area (Å²) in [6, 6.07) is 16.8. The number of hydrogen-bond acceptors (Lipinski definition) is 4. The van der Waals surface area contributed by atoms with Gasteiger partial charge in [-0.1, -0.05) is 48.5 Å². The maximum atomic E-state index is 13.5. The lowest BCUT2D eigenvalue weighted by atomic mass is 9.98. The predicted molar refractivity (Wildman–Crippen MR) is 107 cm³/mol. The smallest absolute Gasteiger partial charge is 0.408 e. The van der Waals surface area contributed by atoms with E-state index in [0.29, 0.717) is 0 Å². The molecule has 4 rings (SSSR count). The number of fused-ring (bicyclic) bond motifs is 3. The van der Waals surface area contributed by atoms with Gasteiger partial charge in [0.25, 0.3) is 0 Å². The lowest BCUT2D eigenvalue weighted by molar-refractivity contribution is -0.139. The summed E-state index contributed by atoms with van der Waals surface area (Å²) in [6.45, 7) is 0.00132. The quantitative estimate of drug-likeness (QED) is 0.589. The Bertz CT molecular complexity index is 1080. The van der Waals surface area contributed by atoms with Crippen molar-refractivity contribution in [3.8, 4) is 16.9 Å². The van der Waals surface area contributed by atoms with Gasteiger partial charge in [0.15, 0.2) is 6.04 Å². The van der Waals surface area contributed by atoms with Gasteiger partial charge < -0.3 is 20.3 Å². The maximum absolute atomic E-state index is 13.5. The summed E-state index contributed by atoms with van der Waals surface area (Å²) in [7, 11) is 0. The SMILES string of the molecule is O=C(NC(C(=O)O)c1cc(F)ccc1O)OCC1c2ccccc2-c2ccccc21. The summed E-state index contributed by atoms with van der Waals surface area (Å²) in [4.78, 5) is 23.9. The van der Waals surface area contributed by atoms with Gasteiger partial charge in [-0.25, -0.2) is 14.0 Å². The molecule has 3 aromatic carbocycles. The summed E-state index contributed by atoms with van der Waals surface area (Å²) in [5.41, 5.74) is 3.90. The van der Waals surface area contributed by atoms with Gasteiger partial charge >= 0.3 is 12.1 Å². The van der Waals surface area contributed by atoms with E-state index in [2.05, 4.69) is 5.32 Å². The van der Waals surface area contributed by atoms with E-state index in [0.717, 1.165) is 40.5 Å². The number of alkyl carbamates (subject to hydrolysis) is 1. The number of aromatic hydroxyl groups is 1. The van der Waals surface area contributed by atoms with E-state index in [-0.39, 0.29) is 18.1 Å². The van der Waals surface area contributed by atoms with Crippen LogP contribution in [-0.4, -0.2) is 28.9 Å². The fraction of sp³-hybridized carbons (Fsp3) is 0.130. The molecule has 1 aliphatic rings. The molecule has 0 spiro atoms. The zero-order valence-electron chi connectivity index (χ0n) is 15.7. The molecular weight excluding hydrogens is 389 g/mol. The summed E-state index contributed by atoms with van der Waals surface area (Å²) in [6.07, 6.45) is -0.979. The summed E-state index contributed by atoms with van der Waals surface area (Å²) >= 11 is 0. The average molecular weight is 407 g/mol. The Morgan fingerprint density at radius 2 is 1.60 bits per heavy atom. The average Bonchev–Trinajstić information content (AvgIpc) is 3.06. The molecule has 0 saturated carbocycles. The number of benzene rings is 3. The third-order valence-electron chi connectivity index (χ3n) is 5.15. The third-order valence-corrected chi connectivity index (χ3v) is 5.15. The normalized spacial score (nSPS) is 13.2. The maximum Gasteiger partial charge on any atom is 0.408 e. The molecular formula is C23H18FNO5. The molecule has 7 heteroatoms. The van der Waals surface area contributed by atoms with Crippen LogP contribution in [0.25, 0.3) is 11.1 Å². The van der Waals surface area contributed by atoms with Gasteiger partial charge in [-0.05, 0) is 40.5 Å². The zero-order chi connectivity index (χ0) is 21.3. The Labute approximate surface area is 171 Å². The van der Waals surface area contributed by atoms with Crippen molar-refractivity contribution in [3.63, 3.8) is 0 Å². The summed E-state index contributed by atoms with van der Waals surface area (Å²) in [5.74, 6) is -2.82. The van der Waals surface area contributed by atoms with Crippen molar-refractivity contribution >= 4 is 12.1 Å². The largest absolute Gasteiger partial charge is 0.508 e. The van der Waals surface area contributed by atoms with Crippen LogP contribution in [0.2, 0.25) is 0 Å². The predicted octanol–water partition coefficient (Wildman–Crippen LogP) is 4.20. The van der Waals surface area contributed by atoms with Gasteiger partial charge in [-0.15, -0.1) is 0 Å². The lowest BCUT2D eigenvalue weighted by Crippen LogP contribution is -2.35. The van der Waals surface area contributed by atoms with Crippen molar-refractivity contribution in [1.29, 1.82) is 0 Å². The van der Waals surface area contributed by atoms with Crippen molar-refractivity contribution in [2.75, 3.05) is 6.61 Å². The van der Waals surface area contributed by atoms with Gasteiger partial charge in [0.05, 0.1) is 0 Å². The number of hydrogen-bond donors (Lipinski definition) is 3. The van der Waals surface area contributed by atoms with Crippen LogP contribution in [0.3, 0.4) is 0 Å². The van der Waals surface area contributed by atoms with Crippen LogP contribution in [0.1, 0.15) is 28.7 Å². The Morgan fingerprint density at radius 1 is 1.00 bits per heavy atom. The molecule has 152 valence electrons. The van der Waals surface area contributed by atoms with Crippen molar-refractivity contribution in [1.82, 2.24) is 5.32 Å². The Hall–Kier alpha value is -3.87. The molecule has 0 fully saturated rings. The van der Waals surface area contributed by atoms with Crippen molar-refractivity contribution < 1.29 is 28.9 Å². The van der Waals surface area contributed by atoms with Crippen LogP contribution < -0.4 is 5.32 Å². The lowest BCUT2D eigenvalue weighted by Gasteiger charge is -2.18. The van der Waals surface area contributed by atoms with E-state index in [1.165, 1.54) is 0 Å². The molecule has 1 amide bonds. The van der Waals surface area contributed by atoms with Gasteiger partial charge in [-0.3, -0.25) is 0 Å². The fourth-order valence-electron chi connectivity index (χ4n) is 3.79. The second-order valence-electron chi connectivity index (χ2n) is 6.94. The molecule has 1 atom stereocenters. The number of amides is 1. The topological polar surface area (TPSA) is 95.9 Å². The number of rotatable bonds is 5. The fourth-order valence-corrected chi connectivity index (χ4v) is 3.79. The molecule has 6 nitrogen and oxygen atoms in total. The molecule has 0 heterocycles. The van der Waals surface area contributed by atoms with Crippen LogP contribution in [0, 0.1) is 5.82 Å². The van der Waals surface area contributed by atoms with E-state index >= 15 is 0 Å². The molecule has 30 heavy (non-hydrogen) atoms. The highest BCUT2D eigenvalue weighted by Crippen LogP contribution is 2.44. The first-order chi connectivity index (χ1) is 14.5. The first kappa shape index (κ1) is 19.4. The van der Waals surface area contributed by atoms with Crippen molar-refractivity contribution in [3.05, 3.63) is 89.2 Å². The third kappa shape index (κ3) is 3.57. The van der Waals surface area contributed by atoms with Crippen LogP contribution in [0.5, 0.6) is 5.75 Å². The van der Waals surface area contributed by atoms with Crippen LogP contribution >= 0.6 is 0 Å². The molecule has 0 saturated heterocycles. The van der Waals surface area contributed by atoms with E-state index in [4.69, 9.17) is 4.74 Å². The van der Waals surface area contributed by atoms with Gasteiger partial charge in [0.1, 0.15) is 18.2 Å². The number of aliphatic carboxylic acids is 1. The first-order valence-electron chi connectivity index (χ1n) is 9.28. The van der Waals surface area contributed by atoms with E-state index in [1.807, 2.05) is 48.5 Å². The van der Waals surface area contributed by atoms with Gasteiger partial charge in [0.2, 0.25) is 0 Å².